The van der Waals surface area contributed by atoms with E-state index in [9.17, 15) is 4.79 Å². The lowest BCUT2D eigenvalue weighted by Crippen LogP contribution is -2.21. The number of aliphatic carboxylic acids is 1. The highest BCUT2D eigenvalue weighted by Gasteiger charge is 2.31. The summed E-state index contributed by atoms with van der Waals surface area (Å²) in [5.41, 5.74) is 3.29. The Morgan fingerprint density at radius 3 is 2.77 bits per heavy atom. The molecule has 0 aliphatic carbocycles. The summed E-state index contributed by atoms with van der Waals surface area (Å²) in [6, 6.07) is 14.0. The summed E-state index contributed by atoms with van der Waals surface area (Å²) in [6.45, 7) is 5.45. The molecule has 1 fully saturated rings. The first kappa shape index (κ1) is 18.6. The minimum absolute atomic E-state index is 0.0545. The summed E-state index contributed by atoms with van der Waals surface area (Å²) in [4.78, 5) is 11.1. The van der Waals surface area contributed by atoms with Crippen LogP contribution in [-0.4, -0.2) is 29.5 Å². The smallest absolute Gasteiger partial charge is 0.318 e. The number of thioether (sulfide) groups is 1. The third kappa shape index (κ3) is 4.51. The van der Waals surface area contributed by atoms with E-state index in [1.807, 2.05) is 37.3 Å². The SMILES string of the molecule is CCOc1cc([C@H]2NC[C@@H](C(=O)O)S2)ccc1OCc1cccc(C)c1. The van der Waals surface area contributed by atoms with E-state index in [1.54, 1.807) is 0 Å². The van der Waals surface area contributed by atoms with Crippen molar-refractivity contribution in [3.63, 3.8) is 0 Å². The van der Waals surface area contributed by atoms with Crippen LogP contribution in [-0.2, 0) is 11.4 Å². The molecule has 0 amide bonds. The number of carbonyl (C=O) groups is 1. The van der Waals surface area contributed by atoms with Gasteiger partial charge < -0.3 is 14.6 Å². The van der Waals surface area contributed by atoms with Crippen LogP contribution in [0.25, 0.3) is 0 Å². The van der Waals surface area contributed by atoms with Crippen LogP contribution in [0.2, 0.25) is 0 Å². The summed E-state index contributed by atoms with van der Waals surface area (Å²) < 4.78 is 11.7. The monoisotopic (exact) mass is 373 g/mol. The van der Waals surface area contributed by atoms with E-state index in [0.29, 0.717) is 31.3 Å². The fraction of sp³-hybridized carbons (Fsp3) is 0.350. The maximum atomic E-state index is 11.1. The number of hydrogen-bond acceptors (Lipinski definition) is 5. The third-order valence-electron chi connectivity index (χ3n) is 4.11. The Morgan fingerprint density at radius 1 is 1.23 bits per heavy atom. The molecule has 1 heterocycles. The molecule has 1 saturated heterocycles. The average molecular weight is 373 g/mol. The van der Waals surface area contributed by atoms with Gasteiger partial charge in [-0.05, 0) is 37.1 Å². The highest BCUT2D eigenvalue weighted by Crippen LogP contribution is 2.39. The fourth-order valence-electron chi connectivity index (χ4n) is 2.85. The van der Waals surface area contributed by atoms with Crippen molar-refractivity contribution in [2.24, 2.45) is 0 Å². The van der Waals surface area contributed by atoms with Crippen LogP contribution in [0.5, 0.6) is 11.5 Å². The molecule has 0 unspecified atom stereocenters. The molecule has 2 aromatic rings. The number of hydrogen-bond donors (Lipinski definition) is 2. The van der Waals surface area contributed by atoms with Crippen LogP contribution in [0.3, 0.4) is 0 Å². The van der Waals surface area contributed by atoms with Crippen LogP contribution in [0.4, 0.5) is 0 Å². The van der Waals surface area contributed by atoms with Crippen molar-refractivity contribution in [2.75, 3.05) is 13.2 Å². The molecule has 1 aliphatic heterocycles. The second-order valence-corrected chi connectivity index (χ2v) is 7.48. The molecule has 0 spiro atoms. The lowest BCUT2D eigenvalue weighted by molar-refractivity contribution is -0.136. The van der Waals surface area contributed by atoms with Crippen LogP contribution in [0.1, 0.15) is 29.0 Å². The molecular weight excluding hydrogens is 350 g/mol. The largest absolute Gasteiger partial charge is 0.490 e. The maximum Gasteiger partial charge on any atom is 0.318 e. The van der Waals surface area contributed by atoms with E-state index in [0.717, 1.165) is 11.1 Å². The number of aryl methyl sites for hydroxylation is 1. The molecule has 0 radical (unpaired) electrons. The van der Waals surface area contributed by atoms with Gasteiger partial charge in [-0.1, -0.05) is 35.9 Å². The van der Waals surface area contributed by atoms with Crippen molar-refractivity contribution in [3.8, 4) is 11.5 Å². The van der Waals surface area contributed by atoms with Crippen LogP contribution in [0.15, 0.2) is 42.5 Å². The first-order chi connectivity index (χ1) is 12.6. The molecule has 138 valence electrons. The Hall–Kier alpha value is -2.18. The molecule has 0 aromatic heterocycles. The van der Waals surface area contributed by atoms with Gasteiger partial charge in [-0.3, -0.25) is 10.1 Å². The summed E-state index contributed by atoms with van der Waals surface area (Å²) in [5, 5.41) is 11.9. The Labute approximate surface area is 157 Å². The first-order valence-electron chi connectivity index (χ1n) is 8.63. The van der Waals surface area contributed by atoms with E-state index in [1.165, 1.54) is 17.3 Å². The lowest BCUT2D eigenvalue weighted by Gasteiger charge is -2.16. The van der Waals surface area contributed by atoms with Gasteiger partial charge in [-0.2, -0.15) is 0 Å². The van der Waals surface area contributed by atoms with Gasteiger partial charge in [0, 0.05) is 6.54 Å². The molecule has 2 atom stereocenters. The second kappa shape index (κ2) is 8.47. The van der Waals surface area contributed by atoms with Crippen molar-refractivity contribution >= 4 is 17.7 Å². The minimum atomic E-state index is -0.784. The lowest BCUT2D eigenvalue weighted by atomic mass is 10.1. The summed E-state index contributed by atoms with van der Waals surface area (Å²) >= 11 is 1.41. The van der Waals surface area contributed by atoms with E-state index >= 15 is 0 Å². The second-order valence-electron chi connectivity index (χ2n) is 6.17. The first-order valence-corrected chi connectivity index (χ1v) is 9.58. The van der Waals surface area contributed by atoms with Crippen molar-refractivity contribution in [2.45, 2.75) is 31.1 Å². The van der Waals surface area contributed by atoms with Crippen molar-refractivity contribution in [1.82, 2.24) is 5.32 Å². The van der Waals surface area contributed by atoms with Crippen molar-refractivity contribution in [1.29, 1.82) is 0 Å². The van der Waals surface area contributed by atoms with Gasteiger partial charge in [0.2, 0.25) is 0 Å². The van der Waals surface area contributed by atoms with Crippen LogP contribution in [0, 0.1) is 6.92 Å². The van der Waals surface area contributed by atoms with E-state index in [-0.39, 0.29) is 5.37 Å². The van der Waals surface area contributed by atoms with Crippen LogP contribution < -0.4 is 14.8 Å². The highest BCUT2D eigenvalue weighted by molar-refractivity contribution is 8.01. The molecule has 26 heavy (non-hydrogen) atoms. The van der Waals surface area contributed by atoms with E-state index in [2.05, 4.69) is 24.4 Å². The highest BCUT2D eigenvalue weighted by atomic mass is 32.2. The Balaban J connectivity index is 1.73. The maximum absolute atomic E-state index is 11.1. The number of carboxylic acids is 1. The quantitative estimate of drug-likeness (QED) is 0.770. The molecule has 3 rings (SSSR count). The molecule has 2 aromatic carbocycles. The van der Waals surface area contributed by atoms with Crippen LogP contribution >= 0.6 is 11.8 Å². The van der Waals surface area contributed by atoms with Gasteiger partial charge >= 0.3 is 5.97 Å². The third-order valence-corrected chi connectivity index (χ3v) is 5.52. The zero-order chi connectivity index (χ0) is 18.5. The number of rotatable bonds is 7. The summed E-state index contributed by atoms with van der Waals surface area (Å²) in [6.07, 6.45) is 0. The van der Waals surface area contributed by atoms with Gasteiger partial charge in [-0.25, -0.2) is 0 Å². The number of benzene rings is 2. The number of nitrogens with one attached hydrogen (secondary N) is 1. The Kier molecular flexibility index (Phi) is 6.06. The van der Waals surface area contributed by atoms with Gasteiger partial charge in [0.25, 0.3) is 0 Å². The molecule has 5 nitrogen and oxygen atoms in total. The molecule has 6 heteroatoms. The van der Waals surface area contributed by atoms with E-state index in [4.69, 9.17) is 14.6 Å². The fourth-order valence-corrected chi connectivity index (χ4v) is 3.99. The van der Waals surface area contributed by atoms with Gasteiger partial charge in [0.05, 0.1) is 12.0 Å². The topological polar surface area (TPSA) is 67.8 Å². The normalized spacial score (nSPS) is 19.3. The zero-order valence-electron chi connectivity index (χ0n) is 14.9. The van der Waals surface area contributed by atoms with Gasteiger partial charge in [-0.15, -0.1) is 11.8 Å². The Morgan fingerprint density at radius 2 is 2.08 bits per heavy atom. The van der Waals surface area contributed by atoms with E-state index < -0.39 is 11.2 Å². The molecule has 0 saturated carbocycles. The minimum Gasteiger partial charge on any atom is -0.490 e. The molecular formula is C20H23NO4S. The van der Waals surface area contributed by atoms with Crippen molar-refractivity contribution < 1.29 is 19.4 Å². The molecule has 0 bridgehead atoms. The van der Waals surface area contributed by atoms with Gasteiger partial charge in [0.15, 0.2) is 11.5 Å². The predicted molar refractivity (Wildman–Crippen MR) is 103 cm³/mol. The average Bonchev–Trinajstić information content (AvgIpc) is 3.11. The predicted octanol–water partition coefficient (Wildman–Crippen LogP) is 3.76. The Bertz CT molecular complexity index is 780. The summed E-state index contributed by atoms with van der Waals surface area (Å²) in [7, 11) is 0. The van der Waals surface area contributed by atoms with Crippen molar-refractivity contribution in [3.05, 3.63) is 59.2 Å². The molecule has 1 aliphatic rings. The molecule has 2 N–H and O–H groups in total. The van der Waals surface area contributed by atoms with Gasteiger partial charge in [0.1, 0.15) is 11.9 Å². The standard InChI is InChI=1S/C20H23NO4S/c1-3-24-17-10-15(19-21-11-18(26-19)20(22)23)7-8-16(17)25-12-14-6-4-5-13(2)9-14/h4-10,18-19,21H,3,11-12H2,1-2H3,(H,22,23)/t18-,19-/m0/s1. The number of ether oxygens (including phenoxy) is 2. The summed E-state index contributed by atoms with van der Waals surface area (Å²) in [5.74, 6) is 0.585. The number of carboxylic acid groups (broad SMARTS) is 1. The zero-order valence-corrected chi connectivity index (χ0v) is 15.7.